The van der Waals surface area contributed by atoms with Crippen molar-refractivity contribution in [3.8, 4) is 0 Å². The first kappa shape index (κ1) is 21.0. The first-order chi connectivity index (χ1) is 12.8. The van der Waals surface area contributed by atoms with Gasteiger partial charge in [-0.2, -0.15) is 13.2 Å². The van der Waals surface area contributed by atoms with Crippen molar-refractivity contribution >= 4 is 23.6 Å². The molecule has 0 radical (unpaired) electrons. The minimum absolute atomic E-state index is 0.0426. The Morgan fingerprint density at radius 1 is 1.32 bits per heavy atom. The van der Waals surface area contributed by atoms with E-state index < -0.39 is 29.2 Å². The van der Waals surface area contributed by atoms with Crippen LogP contribution in [0.4, 0.5) is 13.2 Å². The standard InChI is InChI=1S/C20H25F3N2O2S/c1-18(2,3)16(12-6-5-7-13(10-12)20(21,22)23)24-17(27)14-11-28-19(4)9-8-15(26)25(14)19/h5-7,10,14,16H,8-9,11H2,1-4H3,(H,24,27)/t14-,16+,19-/m0/s1. The largest absolute Gasteiger partial charge is 0.416 e. The summed E-state index contributed by atoms with van der Waals surface area (Å²) in [6.07, 6.45) is -3.32. The maximum absolute atomic E-state index is 13.1. The predicted octanol–water partition coefficient (Wildman–Crippen LogP) is 4.36. The fourth-order valence-corrected chi connectivity index (χ4v) is 5.38. The van der Waals surface area contributed by atoms with E-state index in [0.717, 1.165) is 12.1 Å². The molecule has 2 heterocycles. The summed E-state index contributed by atoms with van der Waals surface area (Å²) >= 11 is 1.59. The highest BCUT2D eigenvalue weighted by atomic mass is 32.2. The van der Waals surface area contributed by atoms with Crippen molar-refractivity contribution in [2.75, 3.05) is 5.75 Å². The van der Waals surface area contributed by atoms with Gasteiger partial charge in [-0.25, -0.2) is 0 Å². The monoisotopic (exact) mass is 414 g/mol. The van der Waals surface area contributed by atoms with E-state index in [1.165, 1.54) is 6.07 Å². The van der Waals surface area contributed by atoms with Crippen LogP contribution in [0.25, 0.3) is 0 Å². The van der Waals surface area contributed by atoms with Gasteiger partial charge in [-0.05, 0) is 36.5 Å². The zero-order valence-corrected chi connectivity index (χ0v) is 17.2. The number of carbonyl (C=O) groups is 2. The van der Waals surface area contributed by atoms with Gasteiger partial charge in [-0.15, -0.1) is 11.8 Å². The molecule has 2 aliphatic rings. The van der Waals surface area contributed by atoms with Gasteiger partial charge in [-0.1, -0.05) is 32.9 Å². The minimum Gasteiger partial charge on any atom is -0.347 e. The lowest BCUT2D eigenvalue weighted by atomic mass is 9.81. The number of benzene rings is 1. The molecule has 8 heteroatoms. The van der Waals surface area contributed by atoms with Crippen molar-refractivity contribution in [1.29, 1.82) is 0 Å². The lowest BCUT2D eigenvalue weighted by Crippen LogP contribution is -2.52. The fourth-order valence-electron chi connectivity index (χ4n) is 3.95. The average molecular weight is 414 g/mol. The number of nitrogens with one attached hydrogen (secondary N) is 1. The second-order valence-corrected chi connectivity index (χ2v) is 10.2. The van der Waals surface area contributed by atoms with Crippen molar-refractivity contribution in [2.45, 2.75) is 63.7 Å². The third-order valence-corrected chi connectivity index (χ3v) is 6.95. The summed E-state index contributed by atoms with van der Waals surface area (Å²) in [4.78, 5) is 26.6. The highest BCUT2D eigenvalue weighted by molar-refractivity contribution is 8.01. The van der Waals surface area contributed by atoms with Crippen LogP contribution >= 0.6 is 11.8 Å². The smallest absolute Gasteiger partial charge is 0.347 e. The van der Waals surface area contributed by atoms with Crippen LogP contribution in [0.3, 0.4) is 0 Å². The van der Waals surface area contributed by atoms with Crippen LogP contribution in [-0.4, -0.2) is 33.4 Å². The molecule has 154 valence electrons. The molecule has 2 fully saturated rings. The molecule has 0 unspecified atom stereocenters. The highest BCUT2D eigenvalue weighted by Gasteiger charge is 2.53. The van der Waals surface area contributed by atoms with Crippen molar-refractivity contribution in [3.63, 3.8) is 0 Å². The molecule has 0 bridgehead atoms. The van der Waals surface area contributed by atoms with E-state index in [1.807, 2.05) is 27.7 Å². The summed E-state index contributed by atoms with van der Waals surface area (Å²) in [5.41, 5.74) is -0.853. The van der Waals surface area contributed by atoms with Crippen LogP contribution in [0.1, 0.15) is 57.7 Å². The van der Waals surface area contributed by atoms with E-state index in [9.17, 15) is 22.8 Å². The number of hydrogen-bond donors (Lipinski definition) is 1. The Labute approximate surface area is 167 Å². The predicted molar refractivity (Wildman–Crippen MR) is 103 cm³/mol. The number of carbonyl (C=O) groups excluding carboxylic acids is 2. The van der Waals surface area contributed by atoms with Crippen molar-refractivity contribution < 1.29 is 22.8 Å². The summed E-state index contributed by atoms with van der Waals surface area (Å²) in [5, 5.41) is 2.93. The van der Waals surface area contributed by atoms with Gasteiger partial charge in [0.1, 0.15) is 6.04 Å². The molecule has 0 saturated carbocycles. The summed E-state index contributed by atoms with van der Waals surface area (Å²) in [5.74, 6) is 0.135. The number of hydrogen-bond acceptors (Lipinski definition) is 3. The van der Waals surface area contributed by atoms with Gasteiger partial charge >= 0.3 is 6.18 Å². The number of amides is 2. The third-order valence-electron chi connectivity index (χ3n) is 5.45. The van der Waals surface area contributed by atoms with Crippen LogP contribution in [0.5, 0.6) is 0 Å². The molecule has 1 N–H and O–H groups in total. The van der Waals surface area contributed by atoms with Crippen molar-refractivity contribution in [3.05, 3.63) is 35.4 Å². The van der Waals surface area contributed by atoms with Gasteiger partial charge in [0.25, 0.3) is 0 Å². The van der Waals surface area contributed by atoms with Gasteiger partial charge in [-0.3, -0.25) is 9.59 Å². The number of fused-ring (bicyclic) bond motifs is 1. The SMILES string of the molecule is CC(C)(C)[C@H](NC(=O)[C@@H]1CS[C@@]2(C)CCC(=O)N12)c1cccc(C(F)(F)F)c1. The topological polar surface area (TPSA) is 49.4 Å². The van der Waals surface area contributed by atoms with Crippen molar-refractivity contribution in [2.24, 2.45) is 5.41 Å². The van der Waals surface area contributed by atoms with Crippen LogP contribution in [-0.2, 0) is 15.8 Å². The summed E-state index contributed by atoms with van der Waals surface area (Å²) < 4.78 is 39.4. The molecule has 3 atom stereocenters. The highest BCUT2D eigenvalue weighted by Crippen LogP contribution is 2.47. The molecule has 2 aliphatic heterocycles. The molecule has 4 nitrogen and oxygen atoms in total. The fraction of sp³-hybridized carbons (Fsp3) is 0.600. The van der Waals surface area contributed by atoms with Gasteiger partial charge in [0.15, 0.2) is 0 Å². The molecule has 0 aromatic heterocycles. The molecule has 28 heavy (non-hydrogen) atoms. The van der Waals surface area contributed by atoms with Crippen LogP contribution in [0.15, 0.2) is 24.3 Å². The van der Waals surface area contributed by atoms with E-state index in [4.69, 9.17) is 0 Å². The summed E-state index contributed by atoms with van der Waals surface area (Å²) in [6.45, 7) is 7.57. The first-order valence-electron chi connectivity index (χ1n) is 9.26. The van der Waals surface area contributed by atoms with E-state index in [-0.39, 0.29) is 16.7 Å². The van der Waals surface area contributed by atoms with E-state index in [0.29, 0.717) is 24.2 Å². The first-order valence-corrected chi connectivity index (χ1v) is 10.3. The Hall–Kier alpha value is -1.70. The molecule has 3 rings (SSSR count). The molecule has 2 saturated heterocycles. The third kappa shape index (κ3) is 3.88. The average Bonchev–Trinajstić information content (AvgIpc) is 3.07. The Morgan fingerprint density at radius 3 is 2.61 bits per heavy atom. The molecular formula is C20H25F3N2O2S. The molecule has 1 aromatic carbocycles. The van der Waals surface area contributed by atoms with Gasteiger partial charge in [0.2, 0.25) is 11.8 Å². The number of thioether (sulfide) groups is 1. The number of nitrogens with zero attached hydrogens (tertiary/aromatic N) is 1. The van der Waals surface area contributed by atoms with Crippen LogP contribution < -0.4 is 5.32 Å². The zero-order chi connectivity index (χ0) is 20.9. The maximum Gasteiger partial charge on any atom is 0.416 e. The lowest BCUT2D eigenvalue weighted by molar-refractivity contribution is -0.138. The summed E-state index contributed by atoms with van der Waals surface area (Å²) in [7, 11) is 0. The molecular weight excluding hydrogens is 389 g/mol. The number of alkyl halides is 3. The van der Waals surface area contributed by atoms with Gasteiger partial charge in [0.05, 0.1) is 16.5 Å². The molecule has 0 spiro atoms. The van der Waals surface area contributed by atoms with E-state index in [1.54, 1.807) is 22.7 Å². The number of rotatable bonds is 3. The van der Waals surface area contributed by atoms with Gasteiger partial charge in [0, 0.05) is 12.2 Å². The Balaban J connectivity index is 1.87. The van der Waals surface area contributed by atoms with Crippen molar-refractivity contribution in [1.82, 2.24) is 10.2 Å². The number of halogens is 3. The van der Waals surface area contributed by atoms with E-state index >= 15 is 0 Å². The second-order valence-electron chi connectivity index (χ2n) is 8.70. The normalized spacial score (nSPS) is 26.3. The molecule has 1 aromatic rings. The summed E-state index contributed by atoms with van der Waals surface area (Å²) in [6, 6.07) is 3.85. The Bertz CT molecular complexity index is 790. The lowest BCUT2D eigenvalue weighted by Gasteiger charge is -2.35. The quantitative estimate of drug-likeness (QED) is 0.799. The van der Waals surface area contributed by atoms with Gasteiger partial charge < -0.3 is 10.2 Å². The minimum atomic E-state index is -4.45. The van der Waals surface area contributed by atoms with Crippen LogP contribution in [0.2, 0.25) is 0 Å². The Kier molecular flexibility index (Phi) is 5.23. The zero-order valence-electron chi connectivity index (χ0n) is 16.4. The Morgan fingerprint density at radius 2 is 2.00 bits per heavy atom. The van der Waals surface area contributed by atoms with E-state index in [2.05, 4.69) is 5.32 Å². The molecule has 2 amide bonds. The maximum atomic E-state index is 13.1. The van der Waals surface area contributed by atoms with Crippen LogP contribution in [0, 0.1) is 5.41 Å². The second kappa shape index (κ2) is 6.97. The molecule has 0 aliphatic carbocycles.